The largest absolute Gasteiger partial charge is 0.494 e. The van der Waals surface area contributed by atoms with Gasteiger partial charge in [-0.15, -0.1) is 0 Å². The Balaban J connectivity index is 3.25. The summed E-state index contributed by atoms with van der Waals surface area (Å²) >= 11 is 0. The normalized spacial score (nSPS) is 9.73. The van der Waals surface area contributed by atoms with Crippen LogP contribution in [0.15, 0.2) is 12.1 Å². The summed E-state index contributed by atoms with van der Waals surface area (Å²) in [4.78, 5) is 0. The smallest absolute Gasteiger partial charge is 0.167 e. The fourth-order valence-corrected chi connectivity index (χ4v) is 0.833. The van der Waals surface area contributed by atoms with E-state index in [9.17, 15) is 4.39 Å². The van der Waals surface area contributed by atoms with Gasteiger partial charge in [0.2, 0.25) is 0 Å². The predicted octanol–water partition coefficient (Wildman–Crippen LogP) is 0.937. The molecule has 0 atom stereocenters. The standard InChI is InChI=1S/C8H8BFO/c1-5-6(9)3-4-7(11-2)8(5)10/h3-4H,1-2H3. The third kappa shape index (κ3) is 1.37. The lowest BCUT2D eigenvalue weighted by Crippen LogP contribution is -2.09. The average molecular weight is 150 g/mol. The van der Waals surface area contributed by atoms with Crippen LogP contribution in [0.2, 0.25) is 0 Å². The van der Waals surface area contributed by atoms with Crippen molar-refractivity contribution in [1.82, 2.24) is 0 Å². The quantitative estimate of drug-likeness (QED) is 0.541. The fraction of sp³-hybridized carbons (Fsp3) is 0.250. The van der Waals surface area contributed by atoms with Crippen molar-refractivity contribution in [1.29, 1.82) is 0 Å². The van der Waals surface area contributed by atoms with Gasteiger partial charge in [0.1, 0.15) is 7.85 Å². The van der Waals surface area contributed by atoms with Gasteiger partial charge in [0.15, 0.2) is 11.6 Å². The summed E-state index contributed by atoms with van der Waals surface area (Å²) in [6, 6.07) is 3.13. The van der Waals surface area contributed by atoms with Crippen molar-refractivity contribution in [2.45, 2.75) is 6.92 Å². The van der Waals surface area contributed by atoms with Crippen LogP contribution in [0.1, 0.15) is 5.56 Å². The first-order chi connectivity index (χ1) is 5.16. The second-order valence-corrected chi connectivity index (χ2v) is 2.30. The summed E-state index contributed by atoms with van der Waals surface area (Å²) in [5.74, 6) is -0.149. The van der Waals surface area contributed by atoms with Crippen molar-refractivity contribution in [3.05, 3.63) is 23.5 Å². The summed E-state index contributed by atoms with van der Waals surface area (Å²) in [6.07, 6.45) is 0. The van der Waals surface area contributed by atoms with Crippen LogP contribution in [0.4, 0.5) is 4.39 Å². The highest BCUT2D eigenvalue weighted by Gasteiger charge is 2.05. The molecule has 0 fully saturated rings. The van der Waals surface area contributed by atoms with Gasteiger partial charge in [-0.25, -0.2) is 4.39 Å². The van der Waals surface area contributed by atoms with Gasteiger partial charge < -0.3 is 4.74 Å². The molecule has 0 amide bonds. The molecule has 11 heavy (non-hydrogen) atoms. The Morgan fingerprint density at radius 2 is 2.09 bits per heavy atom. The van der Waals surface area contributed by atoms with Gasteiger partial charge in [0.25, 0.3) is 0 Å². The maximum atomic E-state index is 13.1. The molecule has 0 aliphatic carbocycles. The summed E-state index contributed by atoms with van der Waals surface area (Å²) in [5, 5.41) is 0. The molecule has 0 N–H and O–H groups in total. The van der Waals surface area contributed by atoms with E-state index in [0.29, 0.717) is 11.0 Å². The van der Waals surface area contributed by atoms with Crippen molar-refractivity contribution in [2.75, 3.05) is 7.11 Å². The van der Waals surface area contributed by atoms with Crippen molar-refractivity contribution in [3.63, 3.8) is 0 Å². The average Bonchev–Trinajstić information content (AvgIpc) is 2.01. The summed E-state index contributed by atoms with van der Waals surface area (Å²) in [5.41, 5.74) is 0.882. The fourth-order valence-electron chi connectivity index (χ4n) is 0.833. The minimum Gasteiger partial charge on any atom is -0.494 e. The first-order valence-corrected chi connectivity index (χ1v) is 3.25. The van der Waals surface area contributed by atoms with Crippen LogP contribution in [0.3, 0.4) is 0 Å². The summed E-state index contributed by atoms with van der Waals surface area (Å²) < 4.78 is 17.8. The third-order valence-electron chi connectivity index (χ3n) is 1.61. The SMILES string of the molecule is [B]c1ccc(OC)c(F)c1C. The van der Waals surface area contributed by atoms with E-state index in [1.807, 2.05) is 0 Å². The van der Waals surface area contributed by atoms with Crippen LogP contribution in [0.5, 0.6) is 5.75 Å². The number of benzene rings is 1. The zero-order valence-corrected chi connectivity index (χ0v) is 6.52. The van der Waals surface area contributed by atoms with E-state index in [1.54, 1.807) is 13.0 Å². The Hall–Kier alpha value is -0.985. The van der Waals surface area contributed by atoms with Gasteiger partial charge in [0.05, 0.1) is 7.11 Å². The molecule has 0 saturated carbocycles. The monoisotopic (exact) mass is 150 g/mol. The van der Waals surface area contributed by atoms with Crippen LogP contribution in [-0.2, 0) is 0 Å². The molecule has 1 aromatic rings. The molecule has 2 radical (unpaired) electrons. The molecule has 1 nitrogen and oxygen atoms in total. The van der Waals surface area contributed by atoms with E-state index in [2.05, 4.69) is 0 Å². The zero-order valence-electron chi connectivity index (χ0n) is 6.52. The van der Waals surface area contributed by atoms with E-state index in [1.165, 1.54) is 13.2 Å². The molecular formula is C8H8BFO. The maximum Gasteiger partial charge on any atom is 0.167 e. The highest BCUT2D eigenvalue weighted by Crippen LogP contribution is 2.16. The lowest BCUT2D eigenvalue weighted by molar-refractivity contribution is 0.385. The van der Waals surface area contributed by atoms with Crippen molar-refractivity contribution >= 4 is 13.3 Å². The van der Waals surface area contributed by atoms with Crippen molar-refractivity contribution < 1.29 is 9.13 Å². The van der Waals surface area contributed by atoms with Gasteiger partial charge in [0, 0.05) is 0 Å². The molecule has 56 valence electrons. The van der Waals surface area contributed by atoms with E-state index in [-0.39, 0.29) is 11.6 Å². The number of hydrogen-bond acceptors (Lipinski definition) is 1. The molecule has 3 heteroatoms. The Morgan fingerprint density at radius 3 is 2.64 bits per heavy atom. The van der Waals surface area contributed by atoms with E-state index in [0.717, 1.165) is 0 Å². The zero-order chi connectivity index (χ0) is 8.43. The first kappa shape index (κ1) is 8.11. The minimum atomic E-state index is -0.382. The Kier molecular flexibility index (Phi) is 2.18. The van der Waals surface area contributed by atoms with Crippen molar-refractivity contribution in [2.24, 2.45) is 0 Å². The van der Waals surface area contributed by atoms with Gasteiger partial charge in [-0.05, 0) is 18.6 Å². The Bertz CT molecular complexity index is 273. The van der Waals surface area contributed by atoms with Crippen molar-refractivity contribution in [3.8, 4) is 5.75 Å². The second-order valence-electron chi connectivity index (χ2n) is 2.30. The van der Waals surface area contributed by atoms with E-state index in [4.69, 9.17) is 12.6 Å². The molecule has 0 saturated heterocycles. The van der Waals surface area contributed by atoms with Gasteiger partial charge in [-0.1, -0.05) is 11.5 Å². The lowest BCUT2D eigenvalue weighted by atomic mass is 9.91. The van der Waals surface area contributed by atoms with E-state index >= 15 is 0 Å². The number of halogens is 1. The number of methoxy groups -OCH3 is 1. The van der Waals surface area contributed by atoms with E-state index < -0.39 is 0 Å². The predicted molar refractivity (Wildman–Crippen MR) is 43.1 cm³/mol. The van der Waals surface area contributed by atoms with Gasteiger partial charge >= 0.3 is 0 Å². The first-order valence-electron chi connectivity index (χ1n) is 3.25. The topological polar surface area (TPSA) is 9.23 Å². The molecule has 0 aliphatic rings. The highest BCUT2D eigenvalue weighted by molar-refractivity contribution is 6.33. The summed E-state index contributed by atoms with van der Waals surface area (Å²) in [6.45, 7) is 1.62. The number of hydrogen-bond donors (Lipinski definition) is 0. The molecular weight excluding hydrogens is 142 g/mol. The van der Waals surface area contributed by atoms with Gasteiger partial charge in [-0.2, -0.15) is 0 Å². The lowest BCUT2D eigenvalue weighted by Gasteiger charge is -2.06. The molecule has 0 aromatic heterocycles. The molecule has 0 heterocycles. The third-order valence-corrected chi connectivity index (χ3v) is 1.61. The maximum absolute atomic E-state index is 13.1. The second kappa shape index (κ2) is 2.95. The number of rotatable bonds is 1. The van der Waals surface area contributed by atoms with Crippen LogP contribution in [-0.4, -0.2) is 15.0 Å². The summed E-state index contributed by atoms with van der Waals surface area (Å²) in [7, 11) is 6.87. The molecule has 0 unspecified atom stereocenters. The van der Waals surface area contributed by atoms with Gasteiger partial charge in [-0.3, -0.25) is 0 Å². The molecule has 0 spiro atoms. The van der Waals surface area contributed by atoms with Crippen LogP contribution < -0.4 is 10.2 Å². The molecule has 0 bridgehead atoms. The Morgan fingerprint density at radius 1 is 1.45 bits per heavy atom. The molecule has 0 aliphatic heterocycles. The van der Waals surface area contributed by atoms with Crippen LogP contribution in [0.25, 0.3) is 0 Å². The molecule has 1 rings (SSSR count). The molecule has 1 aromatic carbocycles. The van der Waals surface area contributed by atoms with Crippen LogP contribution >= 0.6 is 0 Å². The number of ether oxygens (including phenoxy) is 1. The van der Waals surface area contributed by atoms with Crippen LogP contribution in [0, 0.1) is 12.7 Å². The minimum absolute atomic E-state index is 0.233. The Labute approximate surface area is 66.6 Å². The highest BCUT2D eigenvalue weighted by atomic mass is 19.1.